The van der Waals surface area contributed by atoms with E-state index in [1.165, 1.54) is 6.08 Å². The van der Waals surface area contributed by atoms with Crippen LogP contribution in [0.15, 0.2) is 54.3 Å². The van der Waals surface area contributed by atoms with E-state index in [0.29, 0.717) is 18.7 Å². The van der Waals surface area contributed by atoms with Gasteiger partial charge in [0.25, 0.3) is 5.91 Å². The van der Waals surface area contributed by atoms with Crippen molar-refractivity contribution in [2.24, 2.45) is 0 Å². The van der Waals surface area contributed by atoms with E-state index in [1.54, 1.807) is 17.9 Å². The third-order valence-corrected chi connectivity index (χ3v) is 3.28. The first-order chi connectivity index (χ1) is 9.72. The Morgan fingerprint density at radius 3 is 2.70 bits per heavy atom. The quantitative estimate of drug-likeness (QED) is 0.787. The summed E-state index contributed by atoms with van der Waals surface area (Å²) in [5, 5.41) is 0. The second kappa shape index (κ2) is 6.85. The zero-order valence-corrected chi connectivity index (χ0v) is 11.7. The van der Waals surface area contributed by atoms with Gasteiger partial charge < -0.3 is 4.90 Å². The van der Waals surface area contributed by atoms with Crippen LogP contribution < -0.4 is 0 Å². The van der Waals surface area contributed by atoms with Crippen molar-refractivity contribution in [1.82, 2.24) is 4.90 Å². The molecule has 20 heavy (non-hydrogen) atoms. The Bertz CT molecular complexity index is 543. The number of carbonyl (C=O) groups excluding carboxylic acids is 2. The first-order valence-corrected chi connectivity index (χ1v) is 6.94. The van der Waals surface area contributed by atoms with Gasteiger partial charge in [0.15, 0.2) is 5.78 Å². The van der Waals surface area contributed by atoms with Crippen LogP contribution in [0.25, 0.3) is 0 Å². The predicted octanol–water partition coefficient (Wildman–Crippen LogP) is 3.23. The van der Waals surface area contributed by atoms with Gasteiger partial charge in [-0.25, -0.2) is 0 Å². The van der Waals surface area contributed by atoms with E-state index < -0.39 is 0 Å². The van der Waals surface area contributed by atoms with Crippen LogP contribution in [0, 0.1) is 0 Å². The minimum Gasteiger partial charge on any atom is -0.301 e. The minimum atomic E-state index is -0.141. The Balaban J connectivity index is 2.27. The van der Waals surface area contributed by atoms with Gasteiger partial charge in [0.1, 0.15) is 0 Å². The predicted molar refractivity (Wildman–Crippen MR) is 78.7 cm³/mol. The molecule has 3 heteroatoms. The number of nitrogens with zero attached hydrogens (tertiary/aromatic N) is 1. The van der Waals surface area contributed by atoms with E-state index in [2.05, 4.69) is 0 Å². The molecule has 0 bridgehead atoms. The largest absolute Gasteiger partial charge is 0.301 e. The van der Waals surface area contributed by atoms with Crippen LogP contribution in [0.5, 0.6) is 0 Å². The van der Waals surface area contributed by atoms with Crippen LogP contribution in [0.4, 0.5) is 0 Å². The van der Waals surface area contributed by atoms with Crippen LogP contribution in [0.1, 0.15) is 31.7 Å². The second-order valence-electron chi connectivity index (χ2n) is 4.81. The smallest absolute Gasteiger partial charge is 0.251 e. The first-order valence-electron chi connectivity index (χ1n) is 6.94. The van der Waals surface area contributed by atoms with Crippen molar-refractivity contribution < 1.29 is 9.59 Å². The number of ketones is 1. The molecule has 1 aromatic carbocycles. The lowest BCUT2D eigenvalue weighted by Crippen LogP contribution is -2.33. The summed E-state index contributed by atoms with van der Waals surface area (Å²) in [6.07, 6.45) is 7.35. The molecule has 0 aliphatic heterocycles. The highest BCUT2D eigenvalue weighted by atomic mass is 16.2. The van der Waals surface area contributed by atoms with E-state index >= 15 is 0 Å². The molecule has 0 atom stereocenters. The average molecular weight is 269 g/mol. The standard InChI is InChI=1S/C17H19NO2/c1-2-8-17(20)18(13-14-9-4-3-5-10-14)15-11-6-7-12-16(15)19/h2-5,8-11H,6-7,12-13H2,1H3/b8-2+. The zero-order valence-electron chi connectivity index (χ0n) is 11.7. The van der Waals surface area contributed by atoms with Crippen LogP contribution in [-0.2, 0) is 16.1 Å². The Hall–Kier alpha value is -2.16. The van der Waals surface area contributed by atoms with Gasteiger partial charge in [-0.3, -0.25) is 9.59 Å². The fraction of sp³-hybridized carbons (Fsp3) is 0.294. The number of allylic oxidation sites excluding steroid dienone is 3. The van der Waals surface area contributed by atoms with Crippen LogP contribution >= 0.6 is 0 Å². The van der Waals surface area contributed by atoms with Crippen LogP contribution in [0.2, 0.25) is 0 Å². The summed E-state index contributed by atoms with van der Waals surface area (Å²) in [5.41, 5.74) is 1.56. The number of Topliss-reactive ketones (excluding diaryl/α,β-unsaturated/α-hetero) is 1. The molecule has 1 aromatic rings. The molecule has 2 rings (SSSR count). The molecule has 1 amide bonds. The third-order valence-electron chi connectivity index (χ3n) is 3.28. The Kier molecular flexibility index (Phi) is 4.88. The van der Waals surface area contributed by atoms with Gasteiger partial charge in [-0.05, 0) is 31.4 Å². The van der Waals surface area contributed by atoms with E-state index in [1.807, 2.05) is 36.4 Å². The molecule has 1 aliphatic rings. The summed E-state index contributed by atoms with van der Waals surface area (Å²) < 4.78 is 0. The van der Waals surface area contributed by atoms with E-state index in [-0.39, 0.29) is 11.7 Å². The van der Waals surface area contributed by atoms with Crippen molar-refractivity contribution in [3.63, 3.8) is 0 Å². The van der Waals surface area contributed by atoms with Crippen molar-refractivity contribution in [3.8, 4) is 0 Å². The van der Waals surface area contributed by atoms with Gasteiger partial charge in [0.2, 0.25) is 0 Å². The highest BCUT2D eigenvalue weighted by molar-refractivity contribution is 6.01. The zero-order chi connectivity index (χ0) is 14.4. The van der Waals surface area contributed by atoms with Gasteiger partial charge in [-0.15, -0.1) is 0 Å². The maximum atomic E-state index is 12.2. The number of hydrogen-bond acceptors (Lipinski definition) is 2. The van der Waals surface area contributed by atoms with Crippen molar-refractivity contribution in [2.75, 3.05) is 0 Å². The molecular weight excluding hydrogens is 250 g/mol. The molecule has 0 N–H and O–H groups in total. The molecule has 104 valence electrons. The third kappa shape index (κ3) is 3.44. The maximum absolute atomic E-state index is 12.2. The van der Waals surface area contributed by atoms with E-state index in [9.17, 15) is 9.59 Å². The van der Waals surface area contributed by atoms with Crippen molar-refractivity contribution >= 4 is 11.7 Å². The van der Waals surface area contributed by atoms with Gasteiger partial charge >= 0.3 is 0 Å². The lowest BCUT2D eigenvalue weighted by molar-refractivity contribution is -0.128. The maximum Gasteiger partial charge on any atom is 0.251 e. The fourth-order valence-corrected chi connectivity index (χ4v) is 2.28. The first kappa shape index (κ1) is 14.3. The summed E-state index contributed by atoms with van der Waals surface area (Å²) in [6, 6.07) is 9.73. The molecule has 3 nitrogen and oxygen atoms in total. The van der Waals surface area contributed by atoms with Crippen molar-refractivity contribution in [3.05, 3.63) is 59.8 Å². The number of amides is 1. The van der Waals surface area contributed by atoms with E-state index in [4.69, 9.17) is 0 Å². The summed E-state index contributed by atoms with van der Waals surface area (Å²) >= 11 is 0. The fourth-order valence-electron chi connectivity index (χ4n) is 2.28. The van der Waals surface area contributed by atoms with Crippen LogP contribution in [-0.4, -0.2) is 16.6 Å². The molecule has 0 radical (unpaired) electrons. The molecule has 0 saturated heterocycles. The molecule has 1 aliphatic carbocycles. The van der Waals surface area contributed by atoms with Gasteiger partial charge in [0.05, 0.1) is 12.2 Å². The summed E-state index contributed by atoms with van der Waals surface area (Å²) in [4.78, 5) is 25.9. The lowest BCUT2D eigenvalue weighted by atomic mass is 10.0. The highest BCUT2D eigenvalue weighted by Crippen LogP contribution is 2.20. The van der Waals surface area contributed by atoms with Gasteiger partial charge in [-0.2, -0.15) is 0 Å². The molecule has 0 spiro atoms. The SMILES string of the molecule is C/C=C/C(=O)N(Cc1ccccc1)C1=CCCCC1=O. The van der Waals surface area contributed by atoms with E-state index in [0.717, 1.165) is 18.4 Å². The molecule has 0 saturated carbocycles. The number of benzene rings is 1. The van der Waals surface area contributed by atoms with Crippen LogP contribution in [0.3, 0.4) is 0 Å². The number of carbonyl (C=O) groups is 2. The van der Waals surface area contributed by atoms with Gasteiger partial charge in [0, 0.05) is 6.42 Å². The van der Waals surface area contributed by atoms with Crippen molar-refractivity contribution in [1.29, 1.82) is 0 Å². The molecule has 0 unspecified atom stereocenters. The monoisotopic (exact) mass is 269 g/mol. The average Bonchev–Trinajstić information content (AvgIpc) is 2.47. The second-order valence-corrected chi connectivity index (χ2v) is 4.81. The normalized spacial score (nSPS) is 15.2. The topological polar surface area (TPSA) is 37.4 Å². The Morgan fingerprint density at radius 1 is 1.30 bits per heavy atom. The Labute approximate surface area is 119 Å². The number of rotatable bonds is 4. The molecular formula is C17H19NO2. The number of hydrogen-bond donors (Lipinski definition) is 0. The summed E-state index contributed by atoms with van der Waals surface area (Å²) in [6.45, 7) is 2.23. The molecule has 0 heterocycles. The van der Waals surface area contributed by atoms with Gasteiger partial charge in [-0.1, -0.05) is 42.5 Å². The Morgan fingerprint density at radius 2 is 2.05 bits per heavy atom. The minimum absolute atomic E-state index is 0.0602. The lowest BCUT2D eigenvalue weighted by Gasteiger charge is -2.25. The summed E-state index contributed by atoms with van der Waals surface area (Å²) in [5.74, 6) is -0.0807. The molecule has 0 aromatic heterocycles. The highest BCUT2D eigenvalue weighted by Gasteiger charge is 2.23. The molecule has 0 fully saturated rings. The van der Waals surface area contributed by atoms with Crippen molar-refractivity contribution in [2.45, 2.75) is 32.7 Å². The summed E-state index contributed by atoms with van der Waals surface area (Å²) in [7, 11) is 0.